The molecule has 0 saturated heterocycles. The maximum atomic E-state index is 6.89. The fraction of sp³-hybridized carbons (Fsp3) is 0. The summed E-state index contributed by atoms with van der Waals surface area (Å²) in [6, 6.07) is 65.6. The van der Waals surface area contributed by atoms with E-state index in [0.717, 1.165) is 38.6 Å². The summed E-state index contributed by atoms with van der Waals surface area (Å²) >= 11 is 0. The van der Waals surface area contributed by atoms with Gasteiger partial charge in [-0.15, -0.1) is 0 Å². The highest BCUT2D eigenvalue weighted by atomic mass is 16.3. The second-order valence-corrected chi connectivity index (χ2v) is 12.8. The Kier molecular flexibility index (Phi) is 6.25. The van der Waals surface area contributed by atoms with Gasteiger partial charge in [0.1, 0.15) is 11.2 Å². The standard InChI is InChI=1S/C48H30O/c1-3-15-32(16-4-1)42-30-45-43(41-28-14-27-40(48(41)49-45)35-26-13-20-31-17-7-8-21-34(31)35)29-44(42)47-38-24-11-9-22-36(38)46(33-18-5-2-6-19-33)37-23-10-12-25-39(37)47/h1-30H. The van der Waals surface area contributed by atoms with Crippen molar-refractivity contribution in [1.82, 2.24) is 0 Å². The quantitative estimate of drug-likeness (QED) is 0.178. The molecule has 10 aromatic rings. The van der Waals surface area contributed by atoms with E-state index in [-0.39, 0.29) is 0 Å². The first-order chi connectivity index (χ1) is 24.3. The highest BCUT2D eigenvalue weighted by Gasteiger charge is 2.22. The first-order valence-electron chi connectivity index (χ1n) is 16.9. The Morgan fingerprint density at radius 3 is 1.49 bits per heavy atom. The van der Waals surface area contributed by atoms with Crippen molar-refractivity contribution in [2.24, 2.45) is 0 Å². The van der Waals surface area contributed by atoms with Gasteiger partial charge in [0.15, 0.2) is 0 Å². The van der Waals surface area contributed by atoms with Crippen LogP contribution in [0.4, 0.5) is 0 Å². The molecule has 0 aliphatic heterocycles. The van der Waals surface area contributed by atoms with Gasteiger partial charge in [-0.3, -0.25) is 0 Å². The SMILES string of the molecule is c1ccc(-c2cc3oc4c(-c5cccc6ccccc56)cccc4c3cc2-c2c3ccccc3c(-c3ccccc3)c3ccccc23)cc1. The van der Waals surface area contributed by atoms with Crippen molar-refractivity contribution in [1.29, 1.82) is 0 Å². The monoisotopic (exact) mass is 622 g/mol. The Morgan fingerprint density at radius 2 is 0.796 bits per heavy atom. The highest BCUT2D eigenvalue weighted by Crippen LogP contribution is 2.48. The highest BCUT2D eigenvalue weighted by molar-refractivity contribution is 6.24. The van der Waals surface area contributed by atoms with E-state index in [2.05, 4.69) is 182 Å². The van der Waals surface area contributed by atoms with E-state index in [4.69, 9.17) is 4.42 Å². The molecule has 1 aromatic heterocycles. The van der Waals surface area contributed by atoms with Crippen LogP contribution in [0.25, 0.3) is 98.8 Å². The van der Waals surface area contributed by atoms with Gasteiger partial charge in [-0.05, 0) is 83.4 Å². The van der Waals surface area contributed by atoms with E-state index in [9.17, 15) is 0 Å². The lowest BCUT2D eigenvalue weighted by Gasteiger charge is -2.20. The summed E-state index contributed by atoms with van der Waals surface area (Å²) in [5.41, 5.74) is 11.3. The van der Waals surface area contributed by atoms with Crippen molar-refractivity contribution in [3.63, 3.8) is 0 Å². The van der Waals surface area contributed by atoms with E-state index < -0.39 is 0 Å². The van der Waals surface area contributed by atoms with Crippen LogP contribution in [0.1, 0.15) is 0 Å². The summed E-state index contributed by atoms with van der Waals surface area (Å²) in [5.74, 6) is 0. The third kappa shape index (κ3) is 4.33. The van der Waals surface area contributed by atoms with Crippen LogP contribution >= 0.6 is 0 Å². The van der Waals surface area contributed by atoms with Gasteiger partial charge in [0.2, 0.25) is 0 Å². The van der Waals surface area contributed by atoms with Gasteiger partial charge in [0, 0.05) is 16.3 Å². The first kappa shape index (κ1) is 27.7. The lowest BCUT2D eigenvalue weighted by atomic mass is 9.83. The molecule has 10 rings (SSSR count). The minimum atomic E-state index is 0.889. The summed E-state index contributed by atoms with van der Waals surface area (Å²) in [7, 11) is 0. The molecule has 0 atom stereocenters. The third-order valence-corrected chi connectivity index (χ3v) is 10.1. The number of fused-ring (bicyclic) bond motifs is 6. The van der Waals surface area contributed by atoms with Gasteiger partial charge in [-0.1, -0.05) is 170 Å². The number of furan rings is 1. The van der Waals surface area contributed by atoms with Crippen LogP contribution in [-0.4, -0.2) is 0 Å². The van der Waals surface area contributed by atoms with Crippen LogP contribution in [0.15, 0.2) is 186 Å². The van der Waals surface area contributed by atoms with Gasteiger partial charge in [0.25, 0.3) is 0 Å². The maximum Gasteiger partial charge on any atom is 0.143 e. The van der Waals surface area contributed by atoms with E-state index in [1.807, 2.05) is 0 Å². The molecule has 1 nitrogen and oxygen atoms in total. The number of para-hydroxylation sites is 1. The van der Waals surface area contributed by atoms with Crippen LogP contribution in [-0.2, 0) is 0 Å². The van der Waals surface area contributed by atoms with Crippen molar-refractivity contribution >= 4 is 54.3 Å². The van der Waals surface area contributed by atoms with Crippen molar-refractivity contribution in [2.75, 3.05) is 0 Å². The number of rotatable bonds is 4. The normalized spacial score (nSPS) is 11.7. The minimum absolute atomic E-state index is 0.889. The van der Waals surface area contributed by atoms with Gasteiger partial charge in [-0.2, -0.15) is 0 Å². The summed E-state index contributed by atoms with van der Waals surface area (Å²) in [4.78, 5) is 0. The summed E-state index contributed by atoms with van der Waals surface area (Å²) < 4.78 is 6.89. The lowest BCUT2D eigenvalue weighted by Crippen LogP contribution is -1.93. The molecule has 1 heterocycles. The Balaban J connectivity index is 1.33. The predicted octanol–water partition coefficient (Wildman–Crippen LogP) is 13.7. The molecule has 0 bridgehead atoms. The minimum Gasteiger partial charge on any atom is -0.455 e. The molecule has 0 aliphatic rings. The fourth-order valence-corrected chi connectivity index (χ4v) is 7.91. The van der Waals surface area contributed by atoms with Crippen molar-refractivity contribution in [3.8, 4) is 44.5 Å². The number of hydrogen-bond acceptors (Lipinski definition) is 1. The van der Waals surface area contributed by atoms with E-state index in [0.29, 0.717) is 0 Å². The van der Waals surface area contributed by atoms with Crippen molar-refractivity contribution in [3.05, 3.63) is 182 Å². The molecule has 0 unspecified atom stereocenters. The largest absolute Gasteiger partial charge is 0.455 e. The third-order valence-electron chi connectivity index (χ3n) is 10.1. The second kappa shape index (κ2) is 11.1. The summed E-state index contributed by atoms with van der Waals surface area (Å²) in [5, 5.41) is 9.65. The molecule has 0 N–H and O–H groups in total. The van der Waals surface area contributed by atoms with Crippen LogP contribution in [0.3, 0.4) is 0 Å². The molecule has 49 heavy (non-hydrogen) atoms. The van der Waals surface area contributed by atoms with Gasteiger partial charge in [0.05, 0.1) is 0 Å². The predicted molar refractivity (Wildman–Crippen MR) is 208 cm³/mol. The zero-order valence-electron chi connectivity index (χ0n) is 26.7. The van der Waals surface area contributed by atoms with Gasteiger partial charge >= 0.3 is 0 Å². The van der Waals surface area contributed by atoms with Crippen LogP contribution in [0, 0.1) is 0 Å². The van der Waals surface area contributed by atoms with Crippen LogP contribution < -0.4 is 0 Å². The molecule has 0 aliphatic carbocycles. The fourth-order valence-electron chi connectivity index (χ4n) is 7.91. The zero-order chi connectivity index (χ0) is 32.3. The molecule has 0 spiro atoms. The average molecular weight is 623 g/mol. The zero-order valence-corrected chi connectivity index (χ0v) is 26.7. The number of benzene rings is 9. The molecular weight excluding hydrogens is 593 g/mol. The van der Waals surface area contributed by atoms with E-state index in [1.54, 1.807) is 0 Å². The Morgan fingerprint density at radius 1 is 0.286 bits per heavy atom. The van der Waals surface area contributed by atoms with Crippen molar-refractivity contribution < 1.29 is 4.42 Å². The molecule has 1 heteroatoms. The van der Waals surface area contributed by atoms with Crippen LogP contribution in [0.5, 0.6) is 0 Å². The smallest absolute Gasteiger partial charge is 0.143 e. The molecule has 0 saturated carbocycles. The van der Waals surface area contributed by atoms with E-state index >= 15 is 0 Å². The topological polar surface area (TPSA) is 13.1 Å². The molecule has 0 amide bonds. The van der Waals surface area contributed by atoms with Gasteiger partial charge < -0.3 is 4.42 Å². The van der Waals surface area contributed by atoms with Crippen molar-refractivity contribution in [2.45, 2.75) is 0 Å². The molecule has 0 radical (unpaired) electrons. The Labute approximate surface area is 284 Å². The summed E-state index contributed by atoms with van der Waals surface area (Å²) in [6.45, 7) is 0. The number of hydrogen-bond donors (Lipinski definition) is 0. The molecule has 9 aromatic carbocycles. The second-order valence-electron chi connectivity index (χ2n) is 12.8. The Hall–Kier alpha value is -6.44. The summed E-state index contributed by atoms with van der Waals surface area (Å²) in [6.07, 6.45) is 0. The molecule has 0 fully saturated rings. The Bertz CT molecular complexity index is 2800. The van der Waals surface area contributed by atoms with Gasteiger partial charge in [-0.25, -0.2) is 0 Å². The molecular formula is C48H30O. The maximum absolute atomic E-state index is 6.89. The average Bonchev–Trinajstić information content (AvgIpc) is 3.55. The molecule has 228 valence electrons. The van der Waals surface area contributed by atoms with Crippen LogP contribution in [0.2, 0.25) is 0 Å². The first-order valence-corrected chi connectivity index (χ1v) is 16.9. The van der Waals surface area contributed by atoms with E-state index in [1.165, 1.54) is 60.1 Å². The lowest BCUT2D eigenvalue weighted by molar-refractivity contribution is 0.670.